The number of nitrogens with zero attached hydrogens (tertiary/aromatic N) is 4. The molecule has 0 saturated carbocycles. The van der Waals surface area contributed by atoms with Crippen molar-refractivity contribution < 1.29 is 4.79 Å². The zero-order chi connectivity index (χ0) is 22.5. The van der Waals surface area contributed by atoms with Gasteiger partial charge in [0.05, 0.1) is 18.6 Å². The van der Waals surface area contributed by atoms with E-state index in [9.17, 15) is 4.79 Å². The Bertz CT molecular complexity index is 1020. The van der Waals surface area contributed by atoms with Crippen molar-refractivity contribution in [2.45, 2.75) is 18.5 Å². The summed E-state index contributed by atoms with van der Waals surface area (Å²) in [4.78, 5) is 17.9. The minimum atomic E-state index is 0.0144. The van der Waals surface area contributed by atoms with Gasteiger partial charge in [-0.15, -0.1) is 0 Å². The van der Waals surface area contributed by atoms with Crippen molar-refractivity contribution >= 4 is 12.1 Å². The molecule has 0 bridgehead atoms. The second kappa shape index (κ2) is 10.1. The molecule has 0 radical (unpaired) electrons. The van der Waals surface area contributed by atoms with Gasteiger partial charge in [0.25, 0.3) is 5.91 Å². The fraction of sp³-hybridized carbons (Fsp3) is 0.286. The van der Waals surface area contributed by atoms with Crippen LogP contribution < -0.4 is 0 Å². The zero-order valence-corrected chi connectivity index (χ0v) is 18.8. The summed E-state index contributed by atoms with van der Waals surface area (Å²) in [6, 6.07) is 31.9. The minimum Gasteiger partial charge on any atom is -0.292 e. The number of amides is 1. The SMILES string of the molecule is O=C(CN1CCN(C(c2ccccc2)c2ccccc2)CC1)N1N=CC[C@@H]1c1ccccc1. The van der Waals surface area contributed by atoms with Crippen LogP contribution in [0.2, 0.25) is 0 Å². The Balaban J connectivity index is 1.23. The van der Waals surface area contributed by atoms with Crippen LogP contribution in [0.3, 0.4) is 0 Å². The molecule has 0 unspecified atom stereocenters. The lowest BCUT2D eigenvalue weighted by Gasteiger charge is -2.40. The second-order valence-corrected chi connectivity index (χ2v) is 8.73. The molecule has 2 aliphatic heterocycles. The van der Waals surface area contributed by atoms with E-state index >= 15 is 0 Å². The molecule has 168 valence electrons. The maximum Gasteiger partial charge on any atom is 0.257 e. The molecule has 0 spiro atoms. The topological polar surface area (TPSA) is 39.2 Å². The van der Waals surface area contributed by atoms with E-state index in [-0.39, 0.29) is 18.0 Å². The highest BCUT2D eigenvalue weighted by molar-refractivity contribution is 5.81. The molecular formula is C28H30N4O. The normalized spacial score (nSPS) is 19.3. The van der Waals surface area contributed by atoms with Crippen LogP contribution in [0.5, 0.6) is 0 Å². The van der Waals surface area contributed by atoms with Gasteiger partial charge in [0, 0.05) is 38.8 Å². The fourth-order valence-electron chi connectivity index (χ4n) is 4.93. The van der Waals surface area contributed by atoms with Gasteiger partial charge in [-0.1, -0.05) is 91.0 Å². The summed E-state index contributed by atoms with van der Waals surface area (Å²) in [7, 11) is 0. The highest BCUT2D eigenvalue weighted by Gasteiger charge is 2.31. The van der Waals surface area contributed by atoms with Gasteiger partial charge >= 0.3 is 0 Å². The Morgan fingerprint density at radius 1 is 0.788 bits per heavy atom. The Morgan fingerprint density at radius 2 is 1.33 bits per heavy atom. The van der Waals surface area contributed by atoms with E-state index in [1.165, 1.54) is 11.1 Å². The van der Waals surface area contributed by atoms with Crippen LogP contribution in [0.25, 0.3) is 0 Å². The highest BCUT2D eigenvalue weighted by Crippen LogP contribution is 2.30. The smallest absolute Gasteiger partial charge is 0.257 e. The van der Waals surface area contributed by atoms with E-state index in [0.29, 0.717) is 6.54 Å². The molecule has 3 aromatic rings. The van der Waals surface area contributed by atoms with Crippen LogP contribution in [0.1, 0.15) is 35.2 Å². The second-order valence-electron chi connectivity index (χ2n) is 8.73. The highest BCUT2D eigenvalue weighted by atomic mass is 16.2. The molecule has 5 heteroatoms. The molecule has 2 heterocycles. The van der Waals surface area contributed by atoms with Crippen molar-refractivity contribution in [1.29, 1.82) is 0 Å². The first-order chi connectivity index (χ1) is 16.3. The van der Waals surface area contributed by atoms with Gasteiger partial charge in [0.1, 0.15) is 0 Å². The van der Waals surface area contributed by atoms with Crippen LogP contribution in [0, 0.1) is 0 Å². The number of benzene rings is 3. The predicted molar refractivity (Wildman–Crippen MR) is 132 cm³/mol. The lowest BCUT2D eigenvalue weighted by molar-refractivity contribution is -0.134. The number of piperazine rings is 1. The van der Waals surface area contributed by atoms with E-state index in [4.69, 9.17) is 0 Å². The molecule has 1 fully saturated rings. The van der Waals surface area contributed by atoms with Gasteiger partial charge in [0.2, 0.25) is 0 Å². The number of rotatable bonds is 6. The lowest BCUT2D eigenvalue weighted by atomic mass is 9.96. The van der Waals surface area contributed by atoms with Gasteiger partial charge in [-0.25, -0.2) is 5.01 Å². The predicted octanol–water partition coefficient (Wildman–Crippen LogP) is 4.35. The van der Waals surface area contributed by atoms with Crippen molar-refractivity contribution in [2.24, 2.45) is 5.10 Å². The first-order valence-corrected chi connectivity index (χ1v) is 11.8. The summed E-state index contributed by atoms with van der Waals surface area (Å²) in [6.45, 7) is 4.00. The van der Waals surface area contributed by atoms with E-state index in [0.717, 1.165) is 38.2 Å². The Labute approximate surface area is 195 Å². The number of hydrazone groups is 1. The van der Waals surface area contributed by atoms with Gasteiger partial charge < -0.3 is 0 Å². The van der Waals surface area contributed by atoms with Gasteiger partial charge in [-0.05, 0) is 16.7 Å². The van der Waals surface area contributed by atoms with Crippen LogP contribution in [0.4, 0.5) is 0 Å². The molecule has 0 aliphatic carbocycles. The summed E-state index contributed by atoms with van der Waals surface area (Å²) in [5, 5.41) is 6.08. The largest absolute Gasteiger partial charge is 0.292 e. The average molecular weight is 439 g/mol. The Morgan fingerprint density at radius 3 is 1.91 bits per heavy atom. The number of hydrogen-bond acceptors (Lipinski definition) is 4. The van der Waals surface area contributed by atoms with Crippen LogP contribution in [0.15, 0.2) is 96.1 Å². The molecule has 3 aromatic carbocycles. The summed E-state index contributed by atoms with van der Waals surface area (Å²) in [5.41, 5.74) is 3.76. The van der Waals surface area contributed by atoms with E-state index in [1.54, 1.807) is 5.01 Å². The van der Waals surface area contributed by atoms with Crippen molar-refractivity contribution in [1.82, 2.24) is 14.8 Å². The fourth-order valence-corrected chi connectivity index (χ4v) is 4.93. The summed E-state index contributed by atoms with van der Waals surface area (Å²) < 4.78 is 0. The molecule has 1 amide bonds. The zero-order valence-electron chi connectivity index (χ0n) is 18.8. The Hall–Kier alpha value is -3.28. The maximum atomic E-state index is 13.1. The summed E-state index contributed by atoms with van der Waals surface area (Å²) in [6.07, 6.45) is 2.64. The van der Waals surface area contributed by atoms with Gasteiger partial charge in [-0.3, -0.25) is 14.6 Å². The third-order valence-corrected chi connectivity index (χ3v) is 6.63. The number of hydrogen-bond donors (Lipinski definition) is 0. The average Bonchev–Trinajstić information content (AvgIpc) is 3.38. The Kier molecular flexibility index (Phi) is 6.61. The van der Waals surface area contributed by atoms with E-state index < -0.39 is 0 Å². The molecule has 1 saturated heterocycles. The van der Waals surface area contributed by atoms with Crippen LogP contribution in [-0.2, 0) is 4.79 Å². The molecule has 0 aromatic heterocycles. The third kappa shape index (κ3) is 4.90. The van der Waals surface area contributed by atoms with Crippen LogP contribution in [-0.4, -0.2) is 59.7 Å². The molecular weight excluding hydrogens is 408 g/mol. The van der Waals surface area contributed by atoms with Crippen LogP contribution >= 0.6 is 0 Å². The van der Waals surface area contributed by atoms with E-state index in [1.807, 2.05) is 24.4 Å². The maximum absolute atomic E-state index is 13.1. The first kappa shape index (κ1) is 21.6. The lowest BCUT2D eigenvalue weighted by Crippen LogP contribution is -2.50. The van der Waals surface area contributed by atoms with Gasteiger partial charge in [-0.2, -0.15) is 5.10 Å². The molecule has 0 N–H and O–H groups in total. The monoisotopic (exact) mass is 438 g/mol. The molecule has 1 atom stereocenters. The van der Waals surface area contributed by atoms with Crippen molar-refractivity contribution in [2.75, 3.05) is 32.7 Å². The van der Waals surface area contributed by atoms with E-state index in [2.05, 4.69) is 87.7 Å². The molecule has 5 nitrogen and oxygen atoms in total. The first-order valence-electron chi connectivity index (χ1n) is 11.8. The summed E-state index contributed by atoms with van der Waals surface area (Å²) in [5.74, 6) is 0.0775. The minimum absolute atomic E-state index is 0.0144. The van der Waals surface area contributed by atoms with Crippen molar-refractivity contribution in [3.63, 3.8) is 0 Å². The molecule has 33 heavy (non-hydrogen) atoms. The summed E-state index contributed by atoms with van der Waals surface area (Å²) >= 11 is 0. The number of carbonyl (C=O) groups excluding carboxylic acids is 1. The molecule has 2 aliphatic rings. The quantitative estimate of drug-likeness (QED) is 0.574. The third-order valence-electron chi connectivity index (χ3n) is 6.63. The molecule has 5 rings (SSSR count). The standard InChI is InChI=1S/C28H30N4O/c33-27(32-26(16-17-29-32)23-10-4-1-5-11-23)22-30-18-20-31(21-19-30)28(24-12-6-2-7-13-24)25-14-8-3-9-15-25/h1-15,17,26,28H,16,18-22H2/t26-/m1/s1. The van der Waals surface area contributed by atoms with Gasteiger partial charge in [0.15, 0.2) is 0 Å². The van der Waals surface area contributed by atoms with Crippen molar-refractivity contribution in [3.05, 3.63) is 108 Å². The number of carbonyl (C=O) groups is 1. The van der Waals surface area contributed by atoms with Crippen molar-refractivity contribution in [3.8, 4) is 0 Å².